The van der Waals surface area contributed by atoms with E-state index < -0.39 is 61.2 Å². The Kier molecular flexibility index (Phi) is 10.8. The molecule has 1 saturated heterocycles. The average molecular weight is 729 g/mol. The summed E-state index contributed by atoms with van der Waals surface area (Å²) in [5.74, 6) is -1.42. The third-order valence-electron chi connectivity index (χ3n) is 7.24. The number of hydrogen-bond donors (Lipinski definition) is 1. The van der Waals surface area contributed by atoms with Crippen LogP contribution in [-0.2, 0) is 40.8 Å². The lowest BCUT2D eigenvalue weighted by molar-refractivity contribution is -0.158. The van der Waals surface area contributed by atoms with Gasteiger partial charge in [-0.15, -0.1) is 0 Å². The SMILES string of the molecule is Cc1ccc(S(=O)(=O)N2CCC[C@H]2C(=O)N[C@@H](Cc2ccc(OC(=O)N3C=CN(S(=O)(=O)C(F)(F)F)C=C3)cc2)C(=O)OC(C)(C)C)cc1. The van der Waals surface area contributed by atoms with Crippen LogP contribution in [0.1, 0.15) is 44.7 Å². The predicted molar refractivity (Wildman–Crippen MR) is 169 cm³/mol. The van der Waals surface area contributed by atoms with Crippen LogP contribution in [-0.4, -0.2) is 78.1 Å². The number of aryl methyl sites for hydroxylation is 1. The molecule has 0 aromatic heterocycles. The van der Waals surface area contributed by atoms with E-state index in [0.29, 0.717) is 24.4 Å². The van der Waals surface area contributed by atoms with E-state index in [1.54, 1.807) is 32.9 Å². The van der Waals surface area contributed by atoms with E-state index in [-0.39, 0.29) is 34.3 Å². The van der Waals surface area contributed by atoms with Gasteiger partial charge in [-0.2, -0.15) is 25.9 Å². The lowest BCUT2D eigenvalue weighted by Crippen LogP contribution is -2.52. The molecule has 2 aromatic carbocycles. The highest BCUT2D eigenvalue weighted by Gasteiger charge is 2.49. The quantitative estimate of drug-likeness (QED) is 0.375. The summed E-state index contributed by atoms with van der Waals surface area (Å²) < 4.78 is 99.9. The first kappa shape index (κ1) is 37.4. The van der Waals surface area contributed by atoms with E-state index in [2.05, 4.69) is 5.32 Å². The van der Waals surface area contributed by atoms with Crippen LogP contribution in [0.2, 0.25) is 0 Å². The van der Waals surface area contributed by atoms with Gasteiger partial charge in [0.1, 0.15) is 23.4 Å². The largest absolute Gasteiger partial charge is 0.517 e. The van der Waals surface area contributed by atoms with Crippen LogP contribution in [0.3, 0.4) is 0 Å². The zero-order chi connectivity index (χ0) is 36.4. The molecular formula is C31H35F3N4O9S2. The standard InChI is InChI=1S/C31H35F3N4O9S2/c1-21-7-13-24(14-8-21)48(42,43)38-15-5-6-26(38)27(39)35-25(28(40)47-30(2,3)4)20-22-9-11-23(12-10-22)46-29(41)36-16-18-37(19-17-36)49(44,45)31(32,33)34/h7-14,16-19,25-26H,5-6,15,20H2,1-4H3,(H,35,39)/t25-,26-/m0/s1. The monoisotopic (exact) mass is 728 g/mol. The summed E-state index contributed by atoms with van der Waals surface area (Å²) in [6, 6.07) is 9.72. The second kappa shape index (κ2) is 14.2. The number of esters is 1. The highest BCUT2D eigenvalue weighted by atomic mass is 32.2. The van der Waals surface area contributed by atoms with Gasteiger partial charge >= 0.3 is 27.6 Å². The molecule has 1 N–H and O–H groups in total. The van der Waals surface area contributed by atoms with Crippen LogP contribution in [0.15, 0.2) is 78.2 Å². The number of amides is 2. The van der Waals surface area contributed by atoms with Crippen LogP contribution >= 0.6 is 0 Å². The van der Waals surface area contributed by atoms with Gasteiger partial charge in [0.25, 0.3) is 0 Å². The third kappa shape index (κ3) is 8.98. The molecule has 2 atom stereocenters. The first-order valence-corrected chi connectivity index (χ1v) is 17.7. The maximum Gasteiger partial charge on any atom is 0.517 e. The minimum atomic E-state index is -5.68. The molecule has 2 aliphatic heterocycles. The van der Waals surface area contributed by atoms with Crippen molar-refractivity contribution in [3.63, 3.8) is 0 Å². The van der Waals surface area contributed by atoms with Crippen molar-refractivity contribution in [2.75, 3.05) is 6.54 Å². The minimum Gasteiger partial charge on any atom is -0.458 e. The van der Waals surface area contributed by atoms with Crippen molar-refractivity contribution in [3.05, 3.63) is 84.5 Å². The first-order valence-electron chi connectivity index (χ1n) is 14.9. The molecule has 266 valence electrons. The molecule has 18 heteroatoms. The molecule has 0 aliphatic carbocycles. The number of ether oxygens (including phenoxy) is 2. The molecule has 2 amide bonds. The number of benzene rings is 2. The van der Waals surface area contributed by atoms with E-state index >= 15 is 0 Å². The highest BCUT2D eigenvalue weighted by Crippen LogP contribution is 2.29. The maximum atomic E-state index is 13.5. The molecule has 0 radical (unpaired) electrons. The average Bonchev–Trinajstić information content (AvgIpc) is 3.52. The molecule has 0 spiro atoms. The molecule has 4 rings (SSSR count). The second-order valence-electron chi connectivity index (χ2n) is 12.2. The van der Waals surface area contributed by atoms with Gasteiger partial charge in [0.05, 0.1) is 4.90 Å². The Labute approximate surface area is 282 Å². The molecule has 2 aliphatic rings. The van der Waals surface area contributed by atoms with Gasteiger partial charge in [0, 0.05) is 37.8 Å². The molecule has 13 nitrogen and oxygen atoms in total. The topological polar surface area (TPSA) is 160 Å². The van der Waals surface area contributed by atoms with Crippen molar-refractivity contribution in [1.82, 2.24) is 18.8 Å². The number of nitrogens with one attached hydrogen (secondary N) is 1. The first-order chi connectivity index (χ1) is 22.7. The minimum absolute atomic E-state index is 0.00153. The van der Waals surface area contributed by atoms with Gasteiger partial charge in [-0.3, -0.25) is 9.69 Å². The second-order valence-corrected chi connectivity index (χ2v) is 15.9. The molecule has 0 unspecified atom stereocenters. The zero-order valence-corrected chi connectivity index (χ0v) is 28.5. The van der Waals surface area contributed by atoms with Crippen molar-refractivity contribution in [1.29, 1.82) is 0 Å². The molecular weight excluding hydrogens is 693 g/mol. The van der Waals surface area contributed by atoms with Crippen molar-refractivity contribution in [3.8, 4) is 5.75 Å². The van der Waals surface area contributed by atoms with Gasteiger partial charge in [-0.25, -0.2) is 22.3 Å². The summed E-state index contributed by atoms with van der Waals surface area (Å²) in [5, 5.41) is 2.66. The lowest BCUT2D eigenvalue weighted by atomic mass is 10.0. The smallest absolute Gasteiger partial charge is 0.458 e. The fraction of sp³-hybridized carbons (Fsp3) is 0.387. The summed E-state index contributed by atoms with van der Waals surface area (Å²) in [6.45, 7) is 6.90. The molecule has 2 aromatic rings. The fourth-order valence-electron chi connectivity index (χ4n) is 4.83. The molecule has 0 saturated carbocycles. The molecule has 2 heterocycles. The van der Waals surface area contributed by atoms with Crippen molar-refractivity contribution in [2.24, 2.45) is 0 Å². The Morgan fingerprint density at radius 3 is 2.06 bits per heavy atom. The fourth-order valence-corrected chi connectivity index (χ4v) is 7.15. The van der Waals surface area contributed by atoms with Crippen molar-refractivity contribution in [2.45, 2.75) is 75.0 Å². The summed E-state index contributed by atoms with van der Waals surface area (Å²) in [5.41, 5.74) is -5.08. The zero-order valence-electron chi connectivity index (χ0n) is 26.9. The number of carbonyl (C=O) groups is 3. The Morgan fingerprint density at radius 1 is 0.918 bits per heavy atom. The van der Waals surface area contributed by atoms with E-state index in [9.17, 15) is 44.4 Å². The summed E-state index contributed by atoms with van der Waals surface area (Å²) in [6.07, 6.45) is 2.14. The van der Waals surface area contributed by atoms with Gasteiger partial charge < -0.3 is 14.8 Å². The summed E-state index contributed by atoms with van der Waals surface area (Å²) in [7, 11) is -9.68. The van der Waals surface area contributed by atoms with Gasteiger partial charge in [0.2, 0.25) is 15.9 Å². The van der Waals surface area contributed by atoms with Crippen molar-refractivity contribution < 1.29 is 53.9 Å². The Morgan fingerprint density at radius 2 is 1.51 bits per heavy atom. The number of nitrogens with zero attached hydrogens (tertiary/aromatic N) is 3. The van der Waals surface area contributed by atoms with E-state index in [1.165, 1.54) is 36.4 Å². The molecule has 1 fully saturated rings. The van der Waals surface area contributed by atoms with Gasteiger partial charge in [0.15, 0.2) is 0 Å². The third-order valence-corrected chi connectivity index (χ3v) is 10.5. The molecule has 49 heavy (non-hydrogen) atoms. The Hall–Kier alpha value is -4.42. The highest BCUT2D eigenvalue weighted by molar-refractivity contribution is 7.90. The van der Waals surface area contributed by atoms with E-state index in [0.717, 1.165) is 27.2 Å². The number of carbonyl (C=O) groups excluding carboxylic acids is 3. The van der Waals surface area contributed by atoms with E-state index in [4.69, 9.17) is 9.47 Å². The maximum absolute atomic E-state index is 13.5. The van der Waals surface area contributed by atoms with Gasteiger partial charge in [-0.1, -0.05) is 29.8 Å². The van der Waals surface area contributed by atoms with Crippen LogP contribution in [0, 0.1) is 6.92 Å². The normalized spacial score (nSPS) is 17.9. The molecule has 0 bridgehead atoms. The number of alkyl halides is 3. The summed E-state index contributed by atoms with van der Waals surface area (Å²) in [4.78, 5) is 40.0. The lowest BCUT2D eigenvalue weighted by Gasteiger charge is -2.28. The Bertz CT molecular complexity index is 1830. The summed E-state index contributed by atoms with van der Waals surface area (Å²) >= 11 is 0. The number of sulfonamides is 2. The number of hydrogen-bond acceptors (Lipinski definition) is 9. The number of rotatable bonds is 9. The van der Waals surface area contributed by atoms with Crippen molar-refractivity contribution >= 4 is 38.0 Å². The number of halogens is 3. The van der Waals surface area contributed by atoms with Gasteiger partial charge in [-0.05, 0) is 70.4 Å². The van der Waals surface area contributed by atoms with Crippen LogP contribution in [0.4, 0.5) is 18.0 Å². The van der Waals surface area contributed by atoms with E-state index in [1.807, 2.05) is 6.92 Å². The van der Waals surface area contributed by atoms with Crippen LogP contribution in [0.25, 0.3) is 0 Å². The predicted octanol–water partition coefficient (Wildman–Crippen LogP) is 4.13. The Balaban J connectivity index is 1.44. The van der Waals surface area contributed by atoms with Crippen LogP contribution < -0.4 is 10.1 Å². The van der Waals surface area contributed by atoms with Crippen LogP contribution in [0.5, 0.6) is 5.75 Å².